The summed E-state index contributed by atoms with van der Waals surface area (Å²) in [6.45, 7) is 9.76. The first-order valence-electron chi connectivity index (χ1n) is 10.0. The average Bonchev–Trinajstić information content (AvgIpc) is 3.30. The smallest absolute Gasteiger partial charge is 0.263 e. The summed E-state index contributed by atoms with van der Waals surface area (Å²) in [7, 11) is -1.92. The molecule has 0 spiro atoms. The minimum absolute atomic E-state index is 0.154. The van der Waals surface area contributed by atoms with Gasteiger partial charge in [0.2, 0.25) is 0 Å². The molecule has 2 fully saturated rings. The Balaban J connectivity index is 1.45. The fraction of sp³-hybridized carbons (Fsp3) is 0.579. The third-order valence-corrected chi connectivity index (χ3v) is 7.27. The number of hydrogen-bond acceptors (Lipinski definition) is 7. The molecule has 1 unspecified atom stereocenters. The maximum absolute atomic E-state index is 12.8. The number of nitrogens with one attached hydrogen (secondary N) is 2. The predicted molar refractivity (Wildman–Crippen MR) is 113 cm³/mol. The summed E-state index contributed by atoms with van der Waals surface area (Å²) in [5.74, 6) is 0.829. The SMILES string of the molecule is Cc1nn(C)c(C)c1NS(=O)(=O)c1ccc(N2CCC(N3CCNCC3)C2)nc1. The molecule has 29 heavy (non-hydrogen) atoms. The van der Waals surface area contributed by atoms with Gasteiger partial charge in [-0.05, 0) is 32.4 Å². The lowest BCUT2D eigenvalue weighted by Gasteiger charge is -2.32. The second-order valence-corrected chi connectivity index (χ2v) is 9.48. The second-order valence-electron chi connectivity index (χ2n) is 7.80. The zero-order valence-electron chi connectivity index (χ0n) is 17.2. The van der Waals surface area contributed by atoms with Gasteiger partial charge in [0.05, 0.1) is 17.1 Å². The highest BCUT2D eigenvalue weighted by Crippen LogP contribution is 2.25. The van der Waals surface area contributed by atoms with Crippen LogP contribution in [0.2, 0.25) is 0 Å². The van der Waals surface area contributed by atoms with Crippen LogP contribution in [0.15, 0.2) is 23.2 Å². The zero-order valence-corrected chi connectivity index (χ0v) is 18.0. The molecule has 10 heteroatoms. The van der Waals surface area contributed by atoms with E-state index >= 15 is 0 Å². The van der Waals surface area contributed by atoms with Crippen molar-refractivity contribution in [1.82, 2.24) is 25.0 Å². The zero-order chi connectivity index (χ0) is 20.6. The monoisotopic (exact) mass is 419 g/mol. The lowest BCUT2D eigenvalue weighted by atomic mass is 10.2. The number of piperazine rings is 1. The van der Waals surface area contributed by atoms with Crippen LogP contribution in [0.1, 0.15) is 17.8 Å². The molecule has 2 aromatic heterocycles. The Kier molecular flexibility index (Phi) is 5.50. The number of pyridine rings is 1. The van der Waals surface area contributed by atoms with Crippen molar-refractivity contribution in [3.8, 4) is 0 Å². The van der Waals surface area contributed by atoms with Crippen molar-refractivity contribution >= 4 is 21.5 Å². The molecule has 2 N–H and O–H groups in total. The van der Waals surface area contributed by atoms with Crippen LogP contribution in [0.25, 0.3) is 0 Å². The number of aryl methyl sites for hydroxylation is 2. The summed E-state index contributed by atoms with van der Waals surface area (Å²) in [5, 5.41) is 7.65. The Bertz CT molecular complexity index is 965. The number of sulfonamides is 1. The molecule has 0 bridgehead atoms. The molecule has 9 nitrogen and oxygen atoms in total. The molecule has 2 saturated heterocycles. The van der Waals surface area contributed by atoms with Crippen LogP contribution >= 0.6 is 0 Å². The summed E-state index contributed by atoms with van der Waals surface area (Å²) in [4.78, 5) is 9.39. The molecule has 0 radical (unpaired) electrons. The van der Waals surface area contributed by atoms with Crippen LogP contribution in [0.3, 0.4) is 0 Å². The Morgan fingerprint density at radius 1 is 1.17 bits per heavy atom. The molecular formula is C19H29N7O2S. The number of nitrogens with zero attached hydrogens (tertiary/aromatic N) is 5. The predicted octanol–water partition coefficient (Wildman–Crippen LogP) is 0.717. The van der Waals surface area contributed by atoms with Crippen LogP contribution in [-0.2, 0) is 17.1 Å². The van der Waals surface area contributed by atoms with Gasteiger partial charge in [-0.25, -0.2) is 13.4 Å². The summed E-state index contributed by atoms with van der Waals surface area (Å²) >= 11 is 0. The molecule has 0 aromatic carbocycles. The highest BCUT2D eigenvalue weighted by molar-refractivity contribution is 7.92. The molecule has 4 rings (SSSR count). The Morgan fingerprint density at radius 2 is 1.93 bits per heavy atom. The lowest BCUT2D eigenvalue weighted by Crippen LogP contribution is -2.49. The minimum atomic E-state index is -3.71. The molecule has 0 amide bonds. The van der Waals surface area contributed by atoms with E-state index in [0.717, 1.165) is 57.2 Å². The van der Waals surface area contributed by atoms with Gasteiger partial charge in [0.15, 0.2) is 0 Å². The molecule has 1 atom stereocenters. The van der Waals surface area contributed by atoms with Gasteiger partial charge in [0.1, 0.15) is 10.7 Å². The fourth-order valence-electron chi connectivity index (χ4n) is 4.13. The minimum Gasteiger partial charge on any atom is -0.355 e. The van der Waals surface area contributed by atoms with E-state index in [9.17, 15) is 8.42 Å². The topological polar surface area (TPSA) is 95.4 Å². The van der Waals surface area contributed by atoms with Crippen LogP contribution < -0.4 is 14.9 Å². The van der Waals surface area contributed by atoms with Crippen molar-refractivity contribution in [3.05, 3.63) is 29.7 Å². The van der Waals surface area contributed by atoms with Gasteiger partial charge in [0.25, 0.3) is 10.0 Å². The van der Waals surface area contributed by atoms with Gasteiger partial charge < -0.3 is 10.2 Å². The number of aromatic nitrogens is 3. The van der Waals surface area contributed by atoms with Gasteiger partial charge in [-0.15, -0.1) is 0 Å². The van der Waals surface area contributed by atoms with E-state index in [2.05, 4.69) is 29.9 Å². The third-order valence-electron chi connectivity index (χ3n) is 5.93. The standard InChI is InChI=1S/C19H29N7O2S/c1-14-19(15(2)24(3)22-14)23-29(27,28)17-4-5-18(21-12-17)26-9-6-16(13-26)25-10-7-20-8-11-25/h4-5,12,16,20,23H,6-11,13H2,1-3H3. The van der Waals surface area contributed by atoms with Gasteiger partial charge in [-0.3, -0.25) is 14.3 Å². The van der Waals surface area contributed by atoms with E-state index in [1.807, 2.05) is 6.92 Å². The average molecular weight is 420 g/mol. The highest BCUT2D eigenvalue weighted by atomic mass is 32.2. The first-order valence-corrected chi connectivity index (χ1v) is 11.5. The molecular weight excluding hydrogens is 390 g/mol. The molecule has 158 valence electrons. The third kappa shape index (κ3) is 4.10. The van der Waals surface area contributed by atoms with Crippen molar-refractivity contribution in [2.24, 2.45) is 7.05 Å². The summed E-state index contributed by atoms with van der Waals surface area (Å²) in [6.07, 6.45) is 2.56. The normalized spacial score (nSPS) is 20.9. The van der Waals surface area contributed by atoms with Gasteiger partial charge in [0, 0.05) is 58.6 Å². The molecule has 2 aromatic rings. The molecule has 0 aliphatic carbocycles. The molecule has 2 aliphatic heterocycles. The first kappa shape index (κ1) is 20.1. The highest BCUT2D eigenvalue weighted by Gasteiger charge is 2.29. The number of hydrogen-bond donors (Lipinski definition) is 2. The van der Waals surface area contributed by atoms with Crippen LogP contribution in [0.4, 0.5) is 11.5 Å². The Labute approximate surface area is 172 Å². The van der Waals surface area contributed by atoms with Crippen molar-refractivity contribution in [2.45, 2.75) is 31.2 Å². The lowest BCUT2D eigenvalue weighted by molar-refractivity contribution is 0.185. The van der Waals surface area contributed by atoms with Gasteiger partial charge in [-0.2, -0.15) is 5.10 Å². The quantitative estimate of drug-likeness (QED) is 0.737. The molecule has 2 aliphatic rings. The van der Waals surface area contributed by atoms with E-state index in [1.54, 1.807) is 30.8 Å². The second kappa shape index (κ2) is 7.92. The fourth-order valence-corrected chi connectivity index (χ4v) is 5.25. The van der Waals surface area contributed by atoms with Crippen LogP contribution in [-0.4, -0.2) is 73.4 Å². The maximum Gasteiger partial charge on any atom is 0.263 e. The van der Waals surface area contributed by atoms with E-state index in [1.165, 1.54) is 6.20 Å². The summed E-state index contributed by atoms with van der Waals surface area (Å²) < 4.78 is 29.9. The Morgan fingerprint density at radius 3 is 2.55 bits per heavy atom. The van der Waals surface area contributed by atoms with Crippen molar-refractivity contribution < 1.29 is 8.42 Å². The first-order chi connectivity index (χ1) is 13.8. The van der Waals surface area contributed by atoms with Gasteiger partial charge >= 0.3 is 0 Å². The Hall–Kier alpha value is -2.17. The largest absolute Gasteiger partial charge is 0.355 e. The van der Waals surface area contributed by atoms with Crippen molar-refractivity contribution in [2.75, 3.05) is 48.9 Å². The van der Waals surface area contributed by atoms with E-state index < -0.39 is 10.0 Å². The maximum atomic E-state index is 12.8. The van der Waals surface area contributed by atoms with E-state index in [0.29, 0.717) is 17.4 Å². The van der Waals surface area contributed by atoms with Gasteiger partial charge in [-0.1, -0.05) is 0 Å². The van der Waals surface area contributed by atoms with E-state index in [-0.39, 0.29) is 4.90 Å². The van der Waals surface area contributed by atoms with E-state index in [4.69, 9.17) is 0 Å². The summed E-state index contributed by atoms with van der Waals surface area (Å²) in [6, 6.07) is 3.97. The molecule has 0 saturated carbocycles. The van der Waals surface area contributed by atoms with Crippen LogP contribution in [0.5, 0.6) is 0 Å². The van der Waals surface area contributed by atoms with Crippen molar-refractivity contribution in [3.63, 3.8) is 0 Å². The van der Waals surface area contributed by atoms with Crippen molar-refractivity contribution in [1.29, 1.82) is 0 Å². The number of anilines is 2. The van der Waals surface area contributed by atoms with Crippen LogP contribution in [0, 0.1) is 13.8 Å². The number of rotatable bonds is 5. The summed E-state index contributed by atoms with van der Waals surface area (Å²) in [5.41, 5.74) is 1.94. The molecule has 4 heterocycles.